The number of halogens is 1. The van der Waals surface area contributed by atoms with E-state index >= 15 is 0 Å². The Bertz CT molecular complexity index is 712. The molecule has 0 radical (unpaired) electrons. The van der Waals surface area contributed by atoms with Crippen molar-refractivity contribution in [1.29, 1.82) is 0 Å². The highest BCUT2D eigenvalue weighted by atomic mass is 79.9. The van der Waals surface area contributed by atoms with Crippen molar-refractivity contribution in [1.82, 2.24) is 9.88 Å². The van der Waals surface area contributed by atoms with Crippen LogP contribution in [0, 0.1) is 0 Å². The van der Waals surface area contributed by atoms with Crippen LogP contribution in [0.1, 0.15) is 24.2 Å². The van der Waals surface area contributed by atoms with Crippen LogP contribution < -0.4 is 9.47 Å². The van der Waals surface area contributed by atoms with E-state index in [4.69, 9.17) is 9.47 Å². The first-order valence-electron chi connectivity index (χ1n) is 7.86. The largest absolute Gasteiger partial charge is 0.491 e. The summed E-state index contributed by atoms with van der Waals surface area (Å²) in [5.41, 5.74) is 0.656. The molecule has 1 saturated heterocycles. The summed E-state index contributed by atoms with van der Waals surface area (Å²) in [6, 6.07) is 11.0. The Morgan fingerprint density at radius 1 is 1.25 bits per heavy atom. The first-order valence-corrected chi connectivity index (χ1v) is 8.65. The predicted octanol–water partition coefficient (Wildman–Crippen LogP) is 3.53. The fourth-order valence-electron chi connectivity index (χ4n) is 2.43. The van der Waals surface area contributed by atoms with Gasteiger partial charge in [-0.3, -0.25) is 4.79 Å². The van der Waals surface area contributed by atoms with Crippen LogP contribution in [-0.2, 0) is 0 Å². The molecule has 5 nitrogen and oxygen atoms in total. The molecule has 2 aromatic rings. The molecule has 24 heavy (non-hydrogen) atoms. The number of carbonyl (C=O) groups is 1. The lowest BCUT2D eigenvalue weighted by Crippen LogP contribution is -2.56. The minimum Gasteiger partial charge on any atom is -0.491 e. The number of amides is 1. The van der Waals surface area contributed by atoms with Crippen LogP contribution in [-0.4, -0.2) is 41.1 Å². The van der Waals surface area contributed by atoms with Gasteiger partial charge in [0.15, 0.2) is 0 Å². The summed E-state index contributed by atoms with van der Waals surface area (Å²) in [5.74, 6) is 1.34. The first kappa shape index (κ1) is 16.8. The molecule has 6 heteroatoms. The van der Waals surface area contributed by atoms with Crippen LogP contribution in [0.2, 0.25) is 0 Å². The van der Waals surface area contributed by atoms with Gasteiger partial charge in [-0.05, 0) is 66.2 Å². The van der Waals surface area contributed by atoms with Crippen molar-refractivity contribution in [2.24, 2.45) is 0 Å². The molecule has 0 bridgehead atoms. The topological polar surface area (TPSA) is 51.7 Å². The Kier molecular flexibility index (Phi) is 5.04. The van der Waals surface area contributed by atoms with Gasteiger partial charge in [0.05, 0.1) is 23.7 Å². The van der Waals surface area contributed by atoms with E-state index in [1.165, 1.54) is 0 Å². The van der Waals surface area contributed by atoms with Gasteiger partial charge in [-0.1, -0.05) is 0 Å². The number of nitrogens with zero attached hydrogens (tertiary/aromatic N) is 2. The zero-order valence-electron chi connectivity index (χ0n) is 13.6. The van der Waals surface area contributed by atoms with E-state index in [0.29, 0.717) is 24.5 Å². The van der Waals surface area contributed by atoms with E-state index in [2.05, 4.69) is 20.9 Å². The Morgan fingerprint density at radius 2 is 1.96 bits per heavy atom. The summed E-state index contributed by atoms with van der Waals surface area (Å²) < 4.78 is 12.2. The van der Waals surface area contributed by atoms with Gasteiger partial charge < -0.3 is 14.4 Å². The molecule has 0 saturated carbocycles. The number of rotatable bonds is 5. The minimum atomic E-state index is -0.0244. The van der Waals surface area contributed by atoms with Gasteiger partial charge >= 0.3 is 0 Å². The third-order valence-electron chi connectivity index (χ3n) is 3.61. The van der Waals surface area contributed by atoms with E-state index in [-0.39, 0.29) is 18.1 Å². The van der Waals surface area contributed by atoms with Gasteiger partial charge in [-0.25, -0.2) is 4.98 Å². The molecule has 3 rings (SSSR count). The molecule has 1 fully saturated rings. The maximum absolute atomic E-state index is 12.4. The third kappa shape index (κ3) is 3.87. The molecular weight excluding hydrogens is 372 g/mol. The van der Waals surface area contributed by atoms with Crippen LogP contribution >= 0.6 is 15.9 Å². The highest BCUT2D eigenvalue weighted by Crippen LogP contribution is 2.25. The lowest BCUT2D eigenvalue weighted by atomic mass is 10.1. The Balaban J connectivity index is 1.54. The Labute approximate surface area is 149 Å². The van der Waals surface area contributed by atoms with Crippen molar-refractivity contribution in [3.05, 3.63) is 52.6 Å². The molecule has 2 heterocycles. The average molecular weight is 391 g/mol. The number of hydrogen-bond acceptors (Lipinski definition) is 4. The number of carbonyl (C=O) groups excluding carboxylic acids is 1. The fraction of sp³-hybridized carbons (Fsp3) is 0.333. The second kappa shape index (κ2) is 7.21. The van der Waals surface area contributed by atoms with E-state index in [1.54, 1.807) is 23.2 Å². The monoisotopic (exact) mass is 390 g/mol. The van der Waals surface area contributed by atoms with Crippen molar-refractivity contribution < 1.29 is 14.3 Å². The number of benzene rings is 1. The van der Waals surface area contributed by atoms with Crippen molar-refractivity contribution in [3.63, 3.8) is 0 Å². The SMILES string of the molecule is CC(C)Oc1ccc(C(=O)N2CC(Oc3ncccc3Br)C2)cc1. The molecule has 0 unspecified atom stereocenters. The fourth-order valence-corrected chi connectivity index (χ4v) is 2.77. The zero-order valence-corrected chi connectivity index (χ0v) is 15.2. The predicted molar refractivity (Wildman–Crippen MR) is 94.5 cm³/mol. The normalized spacial score (nSPS) is 14.4. The Morgan fingerprint density at radius 3 is 2.58 bits per heavy atom. The number of pyridine rings is 1. The average Bonchev–Trinajstić information content (AvgIpc) is 2.51. The molecule has 1 aromatic heterocycles. The van der Waals surface area contributed by atoms with Crippen molar-refractivity contribution >= 4 is 21.8 Å². The van der Waals surface area contributed by atoms with Gasteiger partial charge in [0.25, 0.3) is 5.91 Å². The lowest BCUT2D eigenvalue weighted by molar-refractivity contribution is 0.0157. The Hall–Kier alpha value is -2.08. The highest BCUT2D eigenvalue weighted by Gasteiger charge is 2.33. The summed E-state index contributed by atoms with van der Waals surface area (Å²) in [4.78, 5) is 18.4. The minimum absolute atomic E-state index is 0.00559. The van der Waals surface area contributed by atoms with Gasteiger partial charge in [0.2, 0.25) is 5.88 Å². The standard InChI is InChI=1S/C18H19BrN2O3/c1-12(2)23-14-7-5-13(6-8-14)18(22)21-10-15(11-21)24-17-16(19)4-3-9-20-17/h3-9,12,15H,10-11H2,1-2H3. The summed E-state index contributed by atoms with van der Waals surface area (Å²) >= 11 is 3.40. The van der Waals surface area contributed by atoms with Crippen LogP contribution in [0.4, 0.5) is 0 Å². The summed E-state index contributed by atoms with van der Waals surface area (Å²) in [6.45, 7) is 5.07. The maximum Gasteiger partial charge on any atom is 0.254 e. The van der Waals surface area contributed by atoms with Gasteiger partial charge in [0, 0.05) is 11.8 Å². The van der Waals surface area contributed by atoms with Crippen molar-refractivity contribution in [3.8, 4) is 11.6 Å². The van der Waals surface area contributed by atoms with Crippen LogP contribution in [0.5, 0.6) is 11.6 Å². The van der Waals surface area contributed by atoms with Crippen molar-refractivity contribution in [2.75, 3.05) is 13.1 Å². The quantitative estimate of drug-likeness (QED) is 0.783. The second-order valence-electron chi connectivity index (χ2n) is 5.93. The van der Waals surface area contributed by atoms with Crippen molar-refractivity contribution in [2.45, 2.75) is 26.1 Å². The lowest BCUT2D eigenvalue weighted by Gasteiger charge is -2.38. The molecule has 1 amide bonds. The number of likely N-dealkylation sites (tertiary alicyclic amines) is 1. The number of ether oxygens (including phenoxy) is 2. The first-order chi connectivity index (χ1) is 11.5. The molecule has 0 atom stereocenters. The van der Waals surface area contributed by atoms with Crippen LogP contribution in [0.15, 0.2) is 47.1 Å². The summed E-state index contributed by atoms with van der Waals surface area (Å²) in [6.07, 6.45) is 1.78. The van der Waals surface area contributed by atoms with E-state index in [1.807, 2.05) is 38.1 Å². The molecule has 126 valence electrons. The molecule has 1 aliphatic heterocycles. The van der Waals surface area contributed by atoms with E-state index in [0.717, 1.165) is 10.2 Å². The van der Waals surface area contributed by atoms with E-state index in [9.17, 15) is 4.79 Å². The van der Waals surface area contributed by atoms with Crippen LogP contribution in [0.3, 0.4) is 0 Å². The van der Waals surface area contributed by atoms with Gasteiger partial charge in [-0.2, -0.15) is 0 Å². The third-order valence-corrected chi connectivity index (χ3v) is 4.21. The second-order valence-corrected chi connectivity index (χ2v) is 6.79. The van der Waals surface area contributed by atoms with Gasteiger partial charge in [-0.15, -0.1) is 0 Å². The maximum atomic E-state index is 12.4. The molecule has 0 N–H and O–H groups in total. The smallest absolute Gasteiger partial charge is 0.254 e. The number of aromatic nitrogens is 1. The van der Waals surface area contributed by atoms with Crippen LogP contribution in [0.25, 0.3) is 0 Å². The number of hydrogen-bond donors (Lipinski definition) is 0. The van der Waals surface area contributed by atoms with E-state index < -0.39 is 0 Å². The summed E-state index contributed by atoms with van der Waals surface area (Å²) in [5, 5.41) is 0. The zero-order chi connectivity index (χ0) is 17.1. The molecule has 0 spiro atoms. The summed E-state index contributed by atoms with van der Waals surface area (Å²) in [7, 11) is 0. The molecule has 1 aliphatic rings. The molecule has 1 aromatic carbocycles. The molecular formula is C18H19BrN2O3. The van der Waals surface area contributed by atoms with Gasteiger partial charge in [0.1, 0.15) is 11.9 Å². The highest BCUT2D eigenvalue weighted by molar-refractivity contribution is 9.10. The molecule has 0 aliphatic carbocycles.